The summed E-state index contributed by atoms with van der Waals surface area (Å²) >= 11 is 1.91. The van der Waals surface area contributed by atoms with Crippen molar-refractivity contribution in [3.05, 3.63) is 52.8 Å². The average Bonchev–Trinajstić information content (AvgIpc) is 3.33. The minimum absolute atomic E-state index is 0.0300. The van der Waals surface area contributed by atoms with Crippen molar-refractivity contribution in [3.63, 3.8) is 0 Å². The van der Waals surface area contributed by atoms with Crippen molar-refractivity contribution in [1.29, 1.82) is 0 Å². The van der Waals surface area contributed by atoms with Crippen LogP contribution in [0.3, 0.4) is 0 Å². The molecule has 154 valence electrons. The maximum Gasteiger partial charge on any atom is 0.272 e. The Morgan fingerprint density at radius 3 is 2.79 bits per heavy atom. The van der Waals surface area contributed by atoms with Crippen LogP contribution in [-0.2, 0) is 18.7 Å². The van der Waals surface area contributed by atoms with Crippen LogP contribution in [0, 0.1) is 16.7 Å². The van der Waals surface area contributed by atoms with E-state index in [0.717, 1.165) is 36.0 Å². The van der Waals surface area contributed by atoms with Gasteiger partial charge in [0.2, 0.25) is 0 Å². The summed E-state index contributed by atoms with van der Waals surface area (Å²) in [6, 6.07) is 10.6. The van der Waals surface area contributed by atoms with Crippen molar-refractivity contribution in [2.24, 2.45) is 16.7 Å². The third kappa shape index (κ3) is 3.13. The summed E-state index contributed by atoms with van der Waals surface area (Å²) < 4.78 is 2.08. The van der Waals surface area contributed by atoms with Gasteiger partial charge < -0.3 is 5.32 Å². The van der Waals surface area contributed by atoms with Crippen LogP contribution in [0.5, 0.6) is 0 Å². The maximum atomic E-state index is 13.4. The topological polar surface area (TPSA) is 46.9 Å². The molecule has 0 saturated heterocycles. The molecule has 29 heavy (non-hydrogen) atoms. The van der Waals surface area contributed by atoms with Crippen molar-refractivity contribution in [1.82, 2.24) is 15.1 Å². The summed E-state index contributed by atoms with van der Waals surface area (Å²) in [6.07, 6.45) is 4.75. The molecule has 0 radical (unpaired) electrons. The lowest BCUT2D eigenvalue weighted by molar-refractivity contribution is 0.0732. The number of nitrogens with one attached hydrogen (secondary N) is 1. The zero-order chi connectivity index (χ0) is 20.2. The van der Waals surface area contributed by atoms with Gasteiger partial charge >= 0.3 is 0 Å². The van der Waals surface area contributed by atoms with Crippen LogP contribution in [0.15, 0.2) is 30.3 Å². The van der Waals surface area contributed by atoms with E-state index in [-0.39, 0.29) is 22.8 Å². The molecule has 5 heteroatoms. The first-order chi connectivity index (χ1) is 13.9. The second-order valence-corrected chi connectivity index (χ2v) is 11.1. The van der Waals surface area contributed by atoms with Crippen molar-refractivity contribution in [2.45, 2.75) is 64.8 Å². The second-order valence-electron chi connectivity index (χ2n) is 10.0. The van der Waals surface area contributed by atoms with Gasteiger partial charge in [-0.15, -0.1) is 0 Å². The van der Waals surface area contributed by atoms with E-state index in [1.165, 1.54) is 30.5 Å². The number of hydrogen-bond acceptors (Lipinski definition) is 3. The van der Waals surface area contributed by atoms with E-state index in [9.17, 15) is 4.79 Å². The SMILES string of the molecule is CC12CCC(C1)C(C)(C)C2NC(=O)c1nn(Cc2ccccc2)c2c1CSCC2. The average molecular weight is 410 g/mol. The number of rotatable bonds is 4. The maximum absolute atomic E-state index is 13.4. The Balaban J connectivity index is 1.44. The van der Waals surface area contributed by atoms with Crippen LogP contribution < -0.4 is 5.32 Å². The van der Waals surface area contributed by atoms with Gasteiger partial charge in [0.25, 0.3) is 5.91 Å². The monoisotopic (exact) mass is 409 g/mol. The molecule has 0 spiro atoms. The summed E-state index contributed by atoms with van der Waals surface area (Å²) in [5.74, 6) is 2.74. The van der Waals surface area contributed by atoms with Crippen molar-refractivity contribution < 1.29 is 4.79 Å². The molecule has 2 bridgehead atoms. The van der Waals surface area contributed by atoms with Crippen LogP contribution in [0.2, 0.25) is 0 Å². The highest BCUT2D eigenvalue weighted by atomic mass is 32.2. The highest BCUT2D eigenvalue weighted by molar-refractivity contribution is 7.98. The minimum Gasteiger partial charge on any atom is -0.347 e. The molecule has 1 aromatic carbocycles. The van der Waals surface area contributed by atoms with Crippen LogP contribution in [-0.4, -0.2) is 27.5 Å². The largest absolute Gasteiger partial charge is 0.347 e. The molecule has 3 aliphatic rings. The second kappa shape index (κ2) is 6.90. The van der Waals surface area contributed by atoms with E-state index in [4.69, 9.17) is 5.10 Å². The van der Waals surface area contributed by atoms with E-state index in [1.54, 1.807) is 0 Å². The van der Waals surface area contributed by atoms with Crippen LogP contribution in [0.1, 0.15) is 67.3 Å². The van der Waals surface area contributed by atoms with Gasteiger partial charge in [-0.25, -0.2) is 0 Å². The molecule has 1 aliphatic heterocycles. The zero-order valence-electron chi connectivity index (χ0n) is 17.7. The summed E-state index contributed by atoms with van der Waals surface area (Å²) in [6.45, 7) is 7.78. The number of benzene rings is 1. The number of nitrogens with zero attached hydrogens (tertiary/aromatic N) is 2. The minimum atomic E-state index is 0.0300. The van der Waals surface area contributed by atoms with Gasteiger partial charge in [0.15, 0.2) is 5.69 Å². The molecule has 2 aromatic rings. The van der Waals surface area contributed by atoms with Crippen LogP contribution in [0.25, 0.3) is 0 Å². The first-order valence-electron chi connectivity index (χ1n) is 10.9. The normalized spacial score (nSPS) is 29.6. The highest BCUT2D eigenvalue weighted by Crippen LogP contribution is 2.62. The zero-order valence-corrected chi connectivity index (χ0v) is 18.5. The molecule has 3 atom stereocenters. The molecule has 2 fully saturated rings. The van der Waals surface area contributed by atoms with Gasteiger partial charge in [-0.05, 0) is 53.7 Å². The molecular formula is C24H31N3OS. The Kier molecular flexibility index (Phi) is 4.57. The standard InChI is InChI=1S/C24H31N3OS/c1-23(2)17-9-11-24(3,13-17)22(23)25-21(28)20-18-15-29-12-10-19(18)27(26-20)14-16-7-5-4-6-8-16/h4-8,17,22H,9-15H2,1-3H3,(H,25,28). The molecular weight excluding hydrogens is 378 g/mol. The predicted molar refractivity (Wildman–Crippen MR) is 118 cm³/mol. The highest BCUT2D eigenvalue weighted by Gasteiger charge is 2.59. The van der Waals surface area contributed by atoms with E-state index < -0.39 is 0 Å². The molecule has 2 aliphatic carbocycles. The number of amides is 1. The molecule has 1 N–H and O–H groups in total. The van der Waals surface area contributed by atoms with Gasteiger partial charge in [0.05, 0.1) is 6.54 Å². The van der Waals surface area contributed by atoms with E-state index >= 15 is 0 Å². The summed E-state index contributed by atoms with van der Waals surface area (Å²) in [4.78, 5) is 13.4. The molecule has 1 amide bonds. The molecule has 5 rings (SSSR count). The molecule has 2 heterocycles. The number of hydrogen-bond donors (Lipinski definition) is 1. The lowest BCUT2D eigenvalue weighted by Gasteiger charge is -2.43. The Morgan fingerprint density at radius 1 is 1.28 bits per heavy atom. The smallest absolute Gasteiger partial charge is 0.272 e. The third-order valence-electron chi connectivity index (χ3n) is 7.83. The van der Waals surface area contributed by atoms with Gasteiger partial charge in [-0.2, -0.15) is 16.9 Å². The van der Waals surface area contributed by atoms with Gasteiger partial charge in [0.1, 0.15) is 0 Å². The fraction of sp³-hybridized carbons (Fsp3) is 0.583. The predicted octanol–water partition coefficient (Wildman–Crippen LogP) is 4.67. The molecule has 4 nitrogen and oxygen atoms in total. The number of aromatic nitrogens is 2. The first-order valence-corrected chi connectivity index (χ1v) is 12.0. The number of carbonyl (C=O) groups excluding carboxylic acids is 1. The number of thioether (sulfide) groups is 1. The quantitative estimate of drug-likeness (QED) is 0.798. The van der Waals surface area contributed by atoms with E-state index in [1.807, 2.05) is 17.8 Å². The molecule has 1 aromatic heterocycles. The molecule has 2 saturated carbocycles. The lowest BCUT2D eigenvalue weighted by atomic mass is 9.68. The Bertz CT molecular complexity index is 930. The Labute approximate surface area is 177 Å². The van der Waals surface area contributed by atoms with Crippen molar-refractivity contribution in [3.8, 4) is 0 Å². The lowest BCUT2D eigenvalue weighted by Crippen LogP contribution is -2.52. The fourth-order valence-electron chi connectivity index (χ4n) is 6.24. The fourth-order valence-corrected chi connectivity index (χ4v) is 7.23. The summed E-state index contributed by atoms with van der Waals surface area (Å²) in [5.41, 5.74) is 4.67. The molecule has 3 unspecified atom stereocenters. The Hall–Kier alpha value is -1.75. The van der Waals surface area contributed by atoms with Crippen molar-refractivity contribution in [2.75, 3.05) is 5.75 Å². The van der Waals surface area contributed by atoms with Crippen molar-refractivity contribution >= 4 is 17.7 Å². The summed E-state index contributed by atoms with van der Waals surface area (Å²) in [7, 11) is 0. The third-order valence-corrected chi connectivity index (χ3v) is 8.82. The number of fused-ring (bicyclic) bond motifs is 3. The summed E-state index contributed by atoms with van der Waals surface area (Å²) in [5, 5.41) is 8.31. The first kappa shape index (κ1) is 19.2. The van der Waals surface area contributed by atoms with E-state index in [0.29, 0.717) is 5.69 Å². The van der Waals surface area contributed by atoms with Crippen LogP contribution in [0.4, 0.5) is 0 Å². The van der Waals surface area contributed by atoms with Crippen LogP contribution >= 0.6 is 11.8 Å². The van der Waals surface area contributed by atoms with Gasteiger partial charge in [-0.3, -0.25) is 9.48 Å². The van der Waals surface area contributed by atoms with Gasteiger partial charge in [0, 0.05) is 23.1 Å². The van der Waals surface area contributed by atoms with Gasteiger partial charge in [-0.1, -0.05) is 51.1 Å². The van der Waals surface area contributed by atoms with E-state index in [2.05, 4.69) is 55.0 Å². The number of carbonyl (C=O) groups is 1. The Morgan fingerprint density at radius 2 is 2.07 bits per heavy atom.